The van der Waals surface area contributed by atoms with E-state index < -0.39 is 0 Å². The van der Waals surface area contributed by atoms with Crippen molar-refractivity contribution < 1.29 is 9.47 Å². The van der Waals surface area contributed by atoms with Gasteiger partial charge in [0.15, 0.2) is 0 Å². The Morgan fingerprint density at radius 3 is 2.45 bits per heavy atom. The second-order valence-electron chi connectivity index (χ2n) is 6.74. The number of halogens is 1. The third-order valence-electron chi connectivity index (χ3n) is 4.96. The maximum Gasteiger partial charge on any atom is 0.0700 e. The van der Waals surface area contributed by atoms with E-state index in [4.69, 9.17) is 14.9 Å². The van der Waals surface area contributed by atoms with E-state index in [0.29, 0.717) is 19.1 Å². The lowest BCUT2D eigenvalue weighted by molar-refractivity contribution is 0.0367. The average molecular weight is 376 g/mol. The van der Waals surface area contributed by atoms with Gasteiger partial charge in [-0.1, -0.05) is 35.7 Å². The van der Waals surface area contributed by atoms with Gasteiger partial charge in [-0.25, -0.2) is 0 Å². The lowest BCUT2D eigenvalue weighted by atomic mass is 9.73. The van der Waals surface area contributed by atoms with Gasteiger partial charge in [0.25, 0.3) is 0 Å². The molecular formula is C18H34BrNO2. The van der Waals surface area contributed by atoms with E-state index >= 15 is 0 Å². The van der Waals surface area contributed by atoms with Gasteiger partial charge in [-0.15, -0.1) is 0 Å². The second kappa shape index (κ2) is 11.6. The molecule has 2 unspecified atom stereocenters. The van der Waals surface area contributed by atoms with Gasteiger partial charge in [0.1, 0.15) is 0 Å². The molecule has 0 aromatic carbocycles. The fraction of sp³-hybridized carbons (Fsp3) is 0.944. The van der Waals surface area contributed by atoms with E-state index in [1.807, 2.05) is 6.92 Å². The van der Waals surface area contributed by atoms with E-state index in [1.165, 1.54) is 44.9 Å². The molecule has 0 heterocycles. The van der Waals surface area contributed by atoms with Crippen LogP contribution in [0.5, 0.6) is 0 Å². The molecule has 22 heavy (non-hydrogen) atoms. The van der Waals surface area contributed by atoms with Gasteiger partial charge in [0.2, 0.25) is 0 Å². The zero-order valence-corrected chi connectivity index (χ0v) is 16.2. The molecule has 0 saturated heterocycles. The van der Waals surface area contributed by atoms with Crippen molar-refractivity contribution in [2.45, 2.75) is 63.6 Å². The van der Waals surface area contributed by atoms with Crippen molar-refractivity contribution >= 4 is 21.6 Å². The van der Waals surface area contributed by atoms with Crippen molar-refractivity contribution in [3.8, 4) is 0 Å². The minimum Gasteiger partial charge on any atom is -0.382 e. The Balaban J connectivity index is 2.39. The van der Waals surface area contributed by atoms with E-state index in [1.54, 1.807) is 7.11 Å². The normalized spacial score (nSPS) is 24.9. The molecule has 0 aromatic heterocycles. The highest BCUT2D eigenvalue weighted by Crippen LogP contribution is 2.39. The molecule has 3 nitrogen and oxygen atoms in total. The van der Waals surface area contributed by atoms with E-state index in [9.17, 15) is 0 Å². The van der Waals surface area contributed by atoms with Crippen LogP contribution in [0.2, 0.25) is 0 Å². The Morgan fingerprint density at radius 2 is 1.91 bits per heavy atom. The minimum atomic E-state index is 0.263. The fourth-order valence-corrected chi connectivity index (χ4v) is 4.25. The highest BCUT2D eigenvalue weighted by molar-refractivity contribution is 9.10. The molecule has 0 amide bonds. The van der Waals surface area contributed by atoms with Crippen molar-refractivity contribution in [3.63, 3.8) is 0 Å². The summed E-state index contributed by atoms with van der Waals surface area (Å²) in [6, 6.07) is 0. The summed E-state index contributed by atoms with van der Waals surface area (Å²) in [7, 11) is 1.72. The van der Waals surface area contributed by atoms with Crippen LogP contribution in [0, 0.1) is 23.2 Å². The SMILES string of the molecule is CCCCC(C1CCC(COCCOC)CC1)C(Br)C(C)=N. The van der Waals surface area contributed by atoms with Gasteiger partial charge >= 0.3 is 0 Å². The van der Waals surface area contributed by atoms with Gasteiger partial charge in [0, 0.05) is 19.4 Å². The van der Waals surface area contributed by atoms with E-state index in [0.717, 1.165) is 24.2 Å². The molecule has 1 aliphatic carbocycles. The quantitative estimate of drug-likeness (QED) is 0.311. The maximum atomic E-state index is 7.98. The molecule has 1 fully saturated rings. The summed E-state index contributed by atoms with van der Waals surface area (Å²) in [5, 5.41) is 7.98. The lowest BCUT2D eigenvalue weighted by Gasteiger charge is -2.36. The van der Waals surface area contributed by atoms with Crippen LogP contribution in [0.1, 0.15) is 58.8 Å². The molecule has 1 N–H and O–H groups in total. The Morgan fingerprint density at radius 1 is 1.23 bits per heavy atom. The molecule has 0 aromatic rings. The third kappa shape index (κ3) is 7.10. The first-order valence-corrected chi connectivity index (χ1v) is 9.77. The molecule has 1 saturated carbocycles. The predicted molar refractivity (Wildman–Crippen MR) is 97.3 cm³/mol. The molecule has 1 aliphatic rings. The fourth-order valence-electron chi connectivity index (χ4n) is 3.56. The summed E-state index contributed by atoms with van der Waals surface area (Å²) in [6.45, 7) is 6.49. The number of hydrogen-bond donors (Lipinski definition) is 1. The minimum absolute atomic E-state index is 0.263. The first-order valence-electron chi connectivity index (χ1n) is 8.85. The molecule has 0 radical (unpaired) electrons. The number of ether oxygens (including phenoxy) is 2. The van der Waals surface area contributed by atoms with Gasteiger partial charge < -0.3 is 14.9 Å². The predicted octanol–water partition coefficient (Wildman–Crippen LogP) is 5.07. The van der Waals surface area contributed by atoms with Crippen LogP contribution in [0.25, 0.3) is 0 Å². The lowest BCUT2D eigenvalue weighted by Crippen LogP contribution is -2.32. The number of methoxy groups -OCH3 is 1. The van der Waals surface area contributed by atoms with Gasteiger partial charge in [-0.05, 0) is 56.8 Å². The molecule has 0 aliphatic heterocycles. The van der Waals surface area contributed by atoms with Crippen LogP contribution in [-0.4, -0.2) is 37.5 Å². The molecule has 0 spiro atoms. The average Bonchev–Trinajstić information content (AvgIpc) is 2.53. The number of rotatable bonds is 11. The highest BCUT2D eigenvalue weighted by atomic mass is 79.9. The smallest absolute Gasteiger partial charge is 0.0700 e. The Kier molecular flexibility index (Phi) is 10.6. The molecule has 130 valence electrons. The monoisotopic (exact) mass is 375 g/mol. The summed E-state index contributed by atoms with van der Waals surface area (Å²) in [5.74, 6) is 2.12. The highest BCUT2D eigenvalue weighted by Gasteiger charge is 2.32. The Bertz CT molecular complexity index is 303. The van der Waals surface area contributed by atoms with Crippen LogP contribution in [0.3, 0.4) is 0 Å². The number of hydrogen-bond acceptors (Lipinski definition) is 3. The zero-order valence-electron chi connectivity index (χ0n) is 14.6. The van der Waals surface area contributed by atoms with Gasteiger partial charge in [0.05, 0.1) is 18.0 Å². The van der Waals surface area contributed by atoms with Crippen LogP contribution in [-0.2, 0) is 9.47 Å². The summed E-state index contributed by atoms with van der Waals surface area (Å²) in [5.41, 5.74) is 0.783. The Labute approximate surface area is 145 Å². The third-order valence-corrected chi connectivity index (χ3v) is 6.33. The largest absolute Gasteiger partial charge is 0.382 e. The van der Waals surface area contributed by atoms with Crippen LogP contribution >= 0.6 is 15.9 Å². The van der Waals surface area contributed by atoms with E-state index in [-0.39, 0.29) is 4.83 Å². The van der Waals surface area contributed by atoms with E-state index in [2.05, 4.69) is 22.9 Å². The van der Waals surface area contributed by atoms with Gasteiger partial charge in [-0.3, -0.25) is 0 Å². The number of unbranched alkanes of at least 4 members (excludes halogenated alkanes) is 1. The first kappa shape index (κ1) is 20.1. The van der Waals surface area contributed by atoms with Crippen molar-refractivity contribution in [2.75, 3.05) is 26.9 Å². The van der Waals surface area contributed by atoms with Crippen LogP contribution in [0.4, 0.5) is 0 Å². The second-order valence-corrected chi connectivity index (χ2v) is 7.73. The summed E-state index contributed by atoms with van der Waals surface area (Å²) < 4.78 is 10.7. The topological polar surface area (TPSA) is 42.3 Å². The molecule has 0 bridgehead atoms. The summed E-state index contributed by atoms with van der Waals surface area (Å²) >= 11 is 3.79. The van der Waals surface area contributed by atoms with Gasteiger partial charge in [-0.2, -0.15) is 0 Å². The maximum absolute atomic E-state index is 7.98. The van der Waals surface area contributed by atoms with Crippen molar-refractivity contribution in [3.05, 3.63) is 0 Å². The number of alkyl halides is 1. The molecule has 1 rings (SSSR count). The van der Waals surface area contributed by atoms with Crippen molar-refractivity contribution in [1.29, 1.82) is 5.41 Å². The summed E-state index contributed by atoms with van der Waals surface area (Å²) in [4.78, 5) is 0.263. The molecule has 2 atom stereocenters. The van der Waals surface area contributed by atoms with Crippen molar-refractivity contribution in [1.82, 2.24) is 0 Å². The Hall–Kier alpha value is 0.0700. The first-order chi connectivity index (χ1) is 10.6. The van der Waals surface area contributed by atoms with Crippen LogP contribution < -0.4 is 0 Å². The zero-order chi connectivity index (χ0) is 16.4. The van der Waals surface area contributed by atoms with Crippen molar-refractivity contribution in [2.24, 2.45) is 17.8 Å². The molecule has 4 heteroatoms. The standard InChI is InChI=1S/C18H34BrNO2/c1-4-5-6-17(18(19)14(2)20)16-9-7-15(8-10-16)13-22-12-11-21-3/h15-18,20H,4-13H2,1-3H3. The molecular weight excluding hydrogens is 342 g/mol. The van der Waals surface area contributed by atoms with Crippen LogP contribution in [0.15, 0.2) is 0 Å². The number of nitrogens with one attached hydrogen (secondary N) is 1. The summed E-state index contributed by atoms with van der Waals surface area (Å²) in [6.07, 6.45) is 8.91.